The van der Waals surface area contributed by atoms with Crippen LogP contribution in [0.2, 0.25) is 0 Å². The van der Waals surface area contributed by atoms with E-state index in [1.165, 1.54) is 28.5 Å². The van der Waals surface area contributed by atoms with E-state index in [9.17, 15) is 0 Å². The van der Waals surface area contributed by atoms with E-state index < -0.39 is 7.26 Å². The molecule has 1 saturated heterocycles. The van der Waals surface area contributed by atoms with Crippen molar-refractivity contribution in [3.63, 3.8) is 0 Å². The zero-order chi connectivity index (χ0) is 22.1. The van der Waals surface area contributed by atoms with E-state index in [-0.39, 0.29) is 11.2 Å². The predicted octanol–water partition coefficient (Wildman–Crippen LogP) is 5.28. The number of ether oxygens (including phenoxy) is 2. The Bertz CT molecular complexity index is 910. The van der Waals surface area contributed by atoms with E-state index in [4.69, 9.17) is 9.47 Å². The molecule has 1 spiro atoms. The number of hydrogen-bond donors (Lipinski definition) is 0. The molecule has 2 fully saturated rings. The summed E-state index contributed by atoms with van der Waals surface area (Å²) in [6, 6.07) is 33.7. The van der Waals surface area contributed by atoms with Crippen molar-refractivity contribution in [2.45, 2.75) is 38.9 Å². The summed E-state index contributed by atoms with van der Waals surface area (Å²) in [6.45, 7) is 6.03. The summed E-state index contributed by atoms with van der Waals surface area (Å²) in [6.07, 6.45) is 4.37. The molecule has 168 valence electrons. The topological polar surface area (TPSA) is 18.5 Å². The SMILES string of the molecule is CC1(C)COC2(CCC(C[PH](c3ccccc3)(c3ccccc3)c3ccccc3)C2)OC1. The molecular weight excluding hydrogens is 411 g/mol. The third-order valence-electron chi connectivity index (χ3n) is 7.38. The summed E-state index contributed by atoms with van der Waals surface area (Å²) in [5.74, 6) is 0.216. The van der Waals surface area contributed by atoms with Crippen molar-refractivity contribution in [1.29, 1.82) is 0 Å². The predicted molar refractivity (Wildman–Crippen MR) is 137 cm³/mol. The Morgan fingerprint density at radius 3 is 1.59 bits per heavy atom. The van der Waals surface area contributed by atoms with Crippen LogP contribution in [0.25, 0.3) is 0 Å². The van der Waals surface area contributed by atoms with Gasteiger partial charge in [-0.15, -0.1) is 0 Å². The van der Waals surface area contributed by atoms with Gasteiger partial charge in [0.25, 0.3) is 0 Å². The first-order chi connectivity index (χ1) is 15.5. The summed E-state index contributed by atoms with van der Waals surface area (Å²) in [5, 5.41) is 4.47. The van der Waals surface area contributed by atoms with Gasteiger partial charge in [0.1, 0.15) is 0 Å². The van der Waals surface area contributed by atoms with E-state index in [0.29, 0.717) is 5.92 Å². The summed E-state index contributed by atoms with van der Waals surface area (Å²) in [5.41, 5.74) is 0.111. The molecule has 5 rings (SSSR count). The fourth-order valence-electron chi connectivity index (χ4n) is 5.70. The van der Waals surface area contributed by atoms with Crippen LogP contribution in [0.3, 0.4) is 0 Å². The van der Waals surface area contributed by atoms with E-state index in [0.717, 1.165) is 26.1 Å². The van der Waals surface area contributed by atoms with E-state index in [2.05, 4.69) is 105 Å². The van der Waals surface area contributed by atoms with E-state index in [1.807, 2.05) is 0 Å². The quantitative estimate of drug-likeness (QED) is 0.497. The van der Waals surface area contributed by atoms with Crippen LogP contribution in [0.15, 0.2) is 91.0 Å². The molecule has 1 heterocycles. The minimum atomic E-state index is -2.21. The van der Waals surface area contributed by atoms with Crippen LogP contribution in [0.4, 0.5) is 0 Å². The van der Waals surface area contributed by atoms with Gasteiger partial charge in [0, 0.05) is 0 Å². The van der Waals surface area contributed by atoms with Crippen molar-refractivity contribution in [3.05, 3.63) is 91.0 Å². The van der Waals surface area contributed by atoms with Crippen LogP contribution in [-0.4, -0.2) is 25.2 Å². The van der Waals surface area contributed by atoms with Gasteiger partial charge in [-0.25, -0.2) is 0 Å². The maximum atomic E-state index is 6.40. The summed E-state index contributed by atoms with van der Waals surface area (Å²) in [7, 11) is -2.21. The fraction of sp³-hybridized carbons (Fsp3) is 0.379. The Labute approximate surface area is 193 Å². The Morgan fingerprint density at radius 2 is 1.16 bits per heavy atom. The average Bonchev–Trinajstić information content (AvgIpc) is 3.24. The number of hydrogen-bond acceptors (Lipinski definition) is 2. The molecule has 2 nitrogen and oxygen atoms in total. The van der Waals surface area contributed by atoms with E-state index in [1.54, 1.807) is 0 Å². The fourth-order valence-corrected chi connectivity index (χ4v) is 10.9. The molecule has 32 heavy (non-hydrogen) atoms. The molecular formula is C29H35O2P. The van der Waals surface area contributed by atoms with Crippen LogP contribution in [0, 0.1) is 11.3 Å². The molecule has 3 aromatic carbocycles. The summed E-state index contributed by atoms with van der Waals surface area (Å²) in [4.78, 5) is 0. The van der Waals surface area contributed by atoms with Crippen molar-refractivity contribution in [2.75, 3.05) is 19.4 Å². The second-order valence-electron chi connectivity index (χ2n) is 10.5. The Kier molecular flexibility index (Phi) is 5.97. The van der Waals surface area contributed by atoms with Gasteiger partial charge in [0.2, 0.25) is 0 Å². The van der Waals surface area contributed by atoms with Gasteiger partial charge >= 0.3 is 193 Å². The van der Waals surface area contributed by atoms with Crippen molar-refractivity contribution >= 4 is 23.2 Å². The normalized spacial score (nSPS) is 22.6. The van der Waals surface area contributed by atoms with Crippen molar-refractivity contribution in [3.8, 4) is 0 Å². The summed E-state index contributed by atoms with van der Waals surface area (Å²) >= 11 is 0. The van der Waals surface area contributed by atoms with Gasteiger partial charge in [0.05, 0.1) is 0 Å². The molecule has 1 unspecified atom stereocenters. The summed E-state index contributed by atoms with van der Waals surface area (Å²) < 4.78 is 12.8. The molecule has 0 radical (unpaired) electrons. The minimum absolute atomic E-state index is 0.111. The third kappa shape index (κ3) is 4.17. The van der Waals surface area contributed by atoms with Crippen LogP contribution in [0.1, 0.15) is 33.1 Å². The van der Waals surface area contributed by atoms with Crippen molar-refractivity contribution in [1.82, 2.24) is 0 Å². The maximum absolute atomic E-state index is 6.40. The van der Waals surface area contributed by atoms with Gasteiger partial charge in [-0.05, 0) is 0 Å². The molecule has 2 aliphatic rings. The standard InChI is InChI=1S/C29H35O2P/c1-28(2)22-30-29(31-23-28)19-18-24(20-29)21-32(25-12-6-3-7-13-25,26-14-8-4-9-15-26)27-16-10-5-11-17-27/h3-17,24,32H,18-23H2,1-2H3. The van der Waals surface area contributed by atoms with Crippen LogP contribution < -0.4 is 15.9 Å². The molecule has 3 heteroatoms. The molecule has 1 aliphatic heterocycles. The zero-order valence-electron chi connectivity index (χ0n) is 19.3. The zero-order valence-corrected chi connectivity index (χ0v) is 20.3. The number of benzene rings is 3. The monoisotopic (exact) mass is 446 g/mol. The van der Waals surface area contributed by atoms with Gasteiger partial charge in [-0.1, -0.05) is 0 Å². The first-order valence-corrected chi connectivity index (χ1v) is 14.2. The molecule has 1 atom stereocenters. The molecule has 0 aromatic heterocycles. The Balaban J connectivity index is 1.54. The number of rotatable bonds is 5. The second-order valence-corrected chi connectivity index (χ2v) is 14.4. The van der Waals surface area contributed by atoms with Crippen LogP contribution in [-0.2, 0) is 9.47 Å². The van der Waals surface area contributed by atoms with E-state index >= 15 is 0 Å². The van der Waals surface area contributed by atoms with Gasteiger partial charge in [-0.2, -0.15) is 0 Å². The molecule has 3 aromatic rings. The molecule has 0 bridgehead atoms. The van der Waals surface area contributed by atoms with Gasteiger partial charge < -0.3 is 0 Å². The first kappa shape index (κ1) is 21.8. The van der Waals surface area contributed by atoms with Gasteiger partial charge in [0.15, 0.2) is 0 Å². The Morgan fingerprint density at radius 1 is 0.719 bits per heavy atom. The van der Waals surface area contributed by atoms with Crippen molar-refractivity contribution in [2.24, 2.45) is 11.3 Å². The van der Waals surface area contributed by atoms with Crippen molar-refractivity contribution < 1.29 is 9.47 Å². The van der Waals surface area contributed by atoms with Crippen LogP contribution in [0.5, 0.6) is 0 Å². The Hall–Kier alpha value is -1.99. The van der Waals surface area contributed by atoms with Crippen LogP contribution >= 0.6 is 7.26 Å². The molecule has 0 N–H and O–H groups in total. The van der Waals surface area contributed by atoms with Gasteiger partial charge in [-0.3, -0.25) is 0 Å². The first-order valence-electron chi connectivity index (χ1n) is 12.0. The second kappa shape index (κ2) is 8.75. The molecule has 0 amide bonds. The third-order valence-corrected chi connectivity index (χ3v) is 12.5. The average molecular weight is 447 g/mol. The molecule has 1 aliphatic carbocycles. The molecule has 1 saturated carbocycles.